The van der Waals surface area contributed by atoms with Crippen molar-refractivity contribution in [3.63, 3.8) is 0 Å². The molecule has 2 N–H and O–H groups in total. The standard InChI is InChI=1S/C14H19BrN2O/c1-18-13-9-11(7-8-12(13)15)17-14(16)10-5-3-2-4-6-10/h7-10H,2-6H2,1H3,(H2,16,17). The molecule has 3 nitrogen and oxygen atoms in total. The van der Waals surface area contributed by atoms with Gasteiger partial charge in [0.2, 0.25) is 0 Å². The van der Waals surface area contributed by atoms with E-state index in [0.717, 1.165) is 21.7 Å². The van der Waals surface area contributed by atoms with Crippen LogP contribution in [0.3, 0.4) is 0 Å². The van der Waals surface area contributed by atoms with Crippen LogP contribution in [0.5, 0.6) is 5.75 Å². The Morgan fingerprint density at radius 2 is 2.06 bits per heavy atom. The molecule has 1 aliphatic rings. The molecular formula is C14H19BrN2O. The minimum atomic E-state index is 0.452. The van der Waals surface area contributed by atoms with Crippen molar-refractivity contribution in [3.8, 4) is 5.75 Å². The van der Waals surface area contributed by atoms with Gasteiger partial charge in [0, 0.05) is 12.0 Å². The fraction of sp³-hybridized carbons (Fsp3) is 0.500. The Labute approximate surface area is 117 Å². The van der Waals surface area contributed by atoms with Crippen LogP contribution in [0.15, 0.2) is 27.7 Å². The number of halogens is 1. The Morgan fingerprint density at radius 1 is 1.33 bits per heavy atom. The summed E-state index contributed by atoms with van der Waals surface area (Å²) in [6, 6.07) is 5.79. The molecule has 0 saturated heterocycles. The molecule has 0 heterocycles. The molecule has 1 aliphatic carbocycles. The van der Waals surface area contributed by atoms with Crippen LogP contribution in [0.25, 0.3) is 0 Å². The predicted molar refractivity (Wildman–Crippen MR) is 78.6 cm³/mol. The molecule has 1 saturated carbocycles. The molecule has 1 aromatic rings. The second-order valence-electron chi connectivity index (χ2n) is 4.69. The van der Waals surface area contributed by atoms with Crippen molar-refractivity contribution in [1.82, 2.24) is 0 Å². The monoisotopic (exact) mass is 310 g/mol. The van der Waals surface area contributed by atoms with E-state index >= 15 is 0 Å². The van der Waals surface area contributed by atoms with Crippen LogP contribution in [0.4, 0.5) is 5.69 Å². The quantitative estimate of drug-likeness (QED) is 0.677. The third kappa shape index (κ3) is 3.25. The number of nitrogens with zero attached hydrogens (tertiary/aromatic N) is 1. The molecule has 98 valence electrons. The van der Waals surface area contributed by atoms with Crippen molar-refractivity contribution in [2.45, 2.75) is 32.1 Å². The van der Waals surface area contributed by atoms with Gasteiger partial charge in [-0.25, -0.2) is 4.99 Å². The first-order chi connectivity index (χ1) is 8.70. The lowest BCUT2D eigenvalue weighted by atomic mass is 9.88. The first kappa shape index (κ1) is 13.4. The van der Waals surface area contributed by atoms with Crippen LogP contribution in [-0.2, 0) is 0 Å². The maximum absolute atomic E-state index is 6.11. The van der Waals surface area contributed by atoms with Crippen molar-refractivity contribution < 1.29 is 4.74 Å². The van der Waals surface area contributed by atoms with Crippen LogP contribution in [0.2, 0.25) is 0 Å². The topological polar surface area (TPSA) is 47.6 Å². The summed E-state index contributed by atoms with van der Waals surface area (Å²) in [5.41, 5.74) is 6.97. The van der Waals surface area contributed by atoms with E-state index in [9.17, 15) is 0 Å². The third-order valence-electron chi connectivity index (χ3n) is 3.42. The highest BCUT2D eigenvalue weighted by Gasteiger charge is 2.17. The molecule has 1 fully saturated rings. The van der Waals surface area contributed by atoms with Gasteiger partial charge in [0.05, 0.1) is 17.3 Å². The first-order valence-electron chi connectivity index (χ1n) is 6.38. The smallest absolute Gasteiger partial charge is 0.135 e. The number of hydrogen-bond acceptors (Lipinski definition) is 2. The summed E-state index contributed by atoms with van der Waals surface area (Å²) in [4.78, 5) is 4.53. The van der Waals surface area contributed by atoms with Gasteiger partial charge in [0.15, 0.2) is 0 Å². The summed E-state index contributed by atoms with van der Waals surface area (Å²) >= 11 is 3.43. The van der Waals surface area contributed by atoms with Crippen molar-refractivity contribution >= 4 is 27.5 Å². The molecule has 2 rings (SSSR count). The Bertz CT molecular complexity index is 439. The summed E-state index contributed by atoms with van der Waals surface area (Å²) in [7, 11) is 1.65. The first-order valence-corrected chi connectivity index (χ1v) is 7.17. The highest BCUT2D eigenvalue weighted by Crippen LogP contribution is 2.30. The van der Waals surface area contributed by atoms with Gasteiger partial charge in [-0.3, -0.25) is 0 Å². The predicted octanol–water partition coefficient (Wildman–Crippen LogP) is 4.03. The van der Waals surface area contributed by atoms with E-state index in [4.69, 9.17) is 10.5 Å². The van der Waals surface area contributed by atoms with E-state index < -0.39 is 0 Å². The van der Waals surface area contributed by atoms with E-state index in [2.05, 4.69) is 20.9 Å². The maximum Gasteiger partial charge on any atom is 0.135 e. The lowest BCUT2D eigenvalue weighted by Crippen LogP contribution is -2.25. The molecule has 4 heteroatoms. The van der Waals surface area contributed by atoms with Gasteiger partial charge in [0.25, 0.3) is 0 Å². The summed E-state index contributed by atoms with van der Waals surface area (Å²) < 4.78 is 6.19. The number of nitrogens with two attached hydrogens (primary N) is 1. The number of amidine groups is 1. The van der Waals surface area contributed by atoms with Crippen LogP contribution in [-0.4, -0.2) is 12.9 Å². The fourth-order valence-electron chi connectivity index (χ4n) is 2.36. The molecule has 0 amide bonds. The van der Waals surface area contributed by atoms with Crippen LogP contribution < -0.4 is 10.5 Å². The lowest BCUT2D eigenvalue weighted by Gasteiger charge is -2.20. The molecule has 1 aromatic carbocycles. The number of rotatable bonds is 3. The number of hydrogen-bond donors (Lipinski definition) is 1. The van der Waals surface area contributed by atoms with Crippen molar-refractivity contribution in [3.05, 3.63) is 22.7 Å². The molecule has 0 aromatic heterocycles. The van der Waals surface area contributed by atoms with Crippen LogP contribution >= 0.6 is 15.9 Å². The number of methoxy groups -OCH3 is 1. The minimum absolute atomic E-state index is 0.452. The zero-order valence-corrected chi connectivity index (χ0v) is 12.2. The zero-order valence-electron chi connectivity index (χ0n) is 10.7. The number of ether oxygens (including phenoxy) is 1. The van der Waals surface area contributed by atoms with Gasteiger partial charge < -0.3 is 10.5 Å². The normalized spacial score (nSPS) is 17.8. The van der Waals surface area contributed by atoms with Gasteiger partial charge in [0.1, 0.15) is 11.6 Å². The van der Waals surface area contributed by atoms with Crippen LogP contribution in [0.1, 0.15) is 32.1 Å². The van der Waals surface area contributed by atoms with E-state index in [1.807, 2.05) is 18.2 Å². The highest BCUT2D eigenvalue weighted by molar-refractivity contribution is 9.10. The summed E-state index contributed by atoms with van der Waals surface area (Å²) in [5, 5.41) is 0. The molecule has 0 aliphatic heterocycles. The number of aliphatic imine (C=N–C) groups is 1. The lowest BCUT2D eigenvalue weighted by molar-refractivity contribution is 0.412. The van der Waals surface area contributed by atoms with Gasteiger partial charge >= 0.3 is 0 Å². The fourth-order valence-corrected chi connectivity index (χ4v) is 2.77. The number of benzene rings is 1. The van der Waals surface area contributed by atoms with Crippen molar-refractivity contribution in [2.75, 3.05) is 7.11 Å². The molecular weight excluding hydrogens is 292 g/mol. The Hall–Kier alpha value is -1.03. The van der Waals surface area contributed by atoms with E-state index in [0.29, 0.717) is 5.92 Å². The average molecular weight is 311 g/mol. The van der Waals surface area contributed by atoms with Crippen molar-refractivity contribution in [2.24, 2.45) is 16.6 Å². The minimum Gasteiger partial charge on any atom is -0.495 e. The van der Waals surface area contributed by atoms with Crippen LogP contribution in [0, 0.1) is 5.92 Å². The molecule has 0 atom stereocenters. The SMILES string of the molecule is COc1cc(N=C(N)C2CCCCC2)ccc1Br. The van der Waals surface area contributed by atoms with Gasteiger partial charge in [-0.2, -0.15) is 0 Å². The molecule has 0 unspecified atom stereocenters. The zero-order chi connectivity index (χ0) is 13.0. The van der Waals surface area contributed by atoms with E-state index in [-0.39, 0.29) is 0 Å². The largest absolute Gasteiger partial charge is 0.495 e. The second kappa shape index (κ2) is 6.23. The average Bonchev–Trinajstić information content (AvgIpc) is 2.42. The highest BCUT2D eigenvalue weighted by atomic mass is 79.9. The summed E-state index contributed by atoms with van der Waals surface area (Å²) in [5.74, 6) is 2.00. The molecule has 18 heavy (non-hydrogen) atoms. The van der Waals surface area contributed by atoms with E-state index in [1.165, 1.54) is 32.1 Å². The van der Waals surface area contributed by atoms with Gasteiger partial charge in [-0.05, 0) is 40.9 Å². The Morgan fingerprint density at radius 3 is 2.72 bits per heavy atom. The Kier molecular flexibility index (Phi) is 4.64. The maximum atomic E-state index is 6.11. The summed E-state index contributed by atoms with van der Waals surface area (Å²) in [6.07, 6.45) is 6.21. The summed E-state index contributed by atoms with van der Waals surface area (Å²) in [6.45, 7) is 0. The molecule has 0 radical (unpaired) electrons. The van der Waals surface area contributed by atoms with Crippen molar-refractivity contribution in [1.29, 1.82) is 0 Å². The third-order valence-corrected chi connectivity index (χ3v) is 4.07. The molecule has 0 spiro atoms. The molecule has 0 bridgehead atoms. The Balaban J connectivity index is 2.15. The second-order valence-corrected chi connectivity index (χ2v) is 5.54. The van der Waals surface area contributed by atoms with E-state index in [1.54, 1.807) is 7.11 Å². The van der Waals surface area contributed by atoms with Gasteiger partial charge in [-0.15, -0.1) is 0 Å². The van der Waals surface area contributed by atoms with Gasteiger partial charge in [-0.1, -0.05) is 19.3 Å².